The van der Waals surface area contributed by atoms with E-state index in [0.717, 1.165) is 0 Å². The number of rotatable bonds is 22. The summed E-state index contributed by atoms with van der Waals surface area (Å²) in [5.74, 6) is 0.428. The summed E-state index contributed by atoms with van der Waals surface area (Å²) < 4.78 is 70.1. The monoisotopic (exact) mass is 632 g/mol. The minimum atomic E-state index is -3.54. The van der Waals surface area contributed by atoms with Gasteiger partial charge in [0.05, 0.1) is 43.7 Å². The van der Waals surface area contributed by atoms with Crippen LogP contribution < -0.4 is 9.47 Å². The van der Waals surface area contributed by atoms with Crippen molar-refractivity contribution < 1.29 is 51.3 Å². The maximum atomic E-state index is 13.0. The van der Waals surface area contributed by atoms with Gasteiger partial charge in [0.15, 0.2) is 5.16 Å². The first-order valence-electron chi connectivity index (χ1n) is 13.1. The summed E-state index contributed by atoms with van der Waals surface area (Å²) >= 11 is 1.29. The largest absolute Gasteiger partial charge is 0.475 e. The fourth-order valence-corrected chi connectivity index (χ4v) is 7.01. The predicted molar refractivity (Wildman–Crippen MR) is 153 cm³/mol. The summed E-state index contributed by atoms with van der Waals surface area (Å²) in [6.45, 7) is 13.8. The lowest BCUT2D eigenvalue weighted by Crippen LogP contribution is -2.27. The first-order chi connectivity index (χ1) is 18.7. The standard InChI is InChI=1S/C24H46N2O11P2S/c1-17(2)34-38(28,35-18(3)4)15-30-10-11-31-22-12-23(26-24(25-22)40-9)32-14-21(13-27)33-16-39(29,36-19(5)6)37-20(7)8/h12,17-21,27H,10-11,13-16H2,1-9H3/t21-/m1/s1. The SMILES string of the molecule is CSc1nc(OCCOCP(=O)(OC(C)C)OC(C)C)cc(OC[C@@H](CO)OCP(=O)(OC(C)C)OC(C)C)n1. The van der Waals surface area contributed by atoms with Crippen LogP contribution >= 0.6 is 27.0 Å². The van der Waals surface area contributed by atoms with E-state index in [9.17, 15) is 14.2 Å². The summed E-state index contributed by atoms with van der Waals surface area (Å²) in [7, 11) is -6.95. The third kappa shape index (κ3) is 16.0. The molecule has 0 spiro atoms. The van der Waals surface area contributed by atoms with Gasteiger partial charge in [0.25, 0.3) is 0 Å². The molecule has 0 aromatic carbocycles. The van der Waals surface area contributed by atoms with Crippen molar-refractivity contribution in [1.82, 2.24) is 9.97 Å². The smallest absolute Gasteiger partial charge is 0.356 e. The average Bonchev–Trinajstić information content (AvgIpc) is 2.81. The van der Waals surface area contributed by atoms with Gasteiger partial charge in [-0.15, -0.1) is 0 Å². The third-order valence-electron chi connectivity index (χ3n) is 4.14. The molecule has 1 aromatic heterocycles. The van der Waals surface area contributed by atoms with E-state index in [2.05, 4.69) is 9.97 Å². The van der Waals surface area contributed by atoms with Crippen molar-refractivity contribution in [3.63, 3.8) is 0 Å². The van der Waals surface area contributed by atoms with Gasteiger partial charge in [-0.3, -0.25) is 9.13 Å². The topological polar surface area (TPSA) is 154 Å². The fraction of sp³-hybridized carbons (Fsp3) is 0.833. The molecule has 0 saturated carbocycles. The second kappa shape index (κ2) is 18.7. The minimum Gasteiger partial charge on any atom is -0.475 e. The number of thioether (sulfide) groups is 1. The van der Waals surface area contributed by atoms with Crippen LogP contribution in [0.4, 0.5) is 0 Å². The van der Waals surface area contributed by atoms with E-state index >= 15 is 0 Å². The van der Waals surface area contributed by atoms with Crippen molar-refractivity contribution in [2.24, 2.45) is 0 Å². The molecule has 0 saturated heterocycles. The Balaban J connectivity index is 2.69. The molecule has 1 atom stereocenters. The predicted octanol–water partition coefficient (Wildman–Crippen LogP) is 5.35. The van der Waals surface area contributed by atoms with E-state index in [1.54, 1.807) is 61.6 Å². The van der Waals surface area contributed by atoms with E-state index in [0.29, 0.717) is 5.16 Å². The van der Waals surface area contributed by atoms with Gasteiger partial charge in [-0.2, -0.15) is 9.97 Å². The molecular weight excluding hydrogens is 586 g/mol. The summed E-state index contributed by atoms with van der Waals surface area (Å²) in [5, 5.41) is 10.1. The molecule has 0 radical (unpaired) electrons. The number of aliphatic hydroxyl groups excluding tert-OH is 1. The Morgan fingerprint density at radius 1 is 0.775 bits per heavy atom. The second-order valence-corrected chi connectivity index (χ2v) is 14.2. The molecule has 0 bridgehead atoms. The fourth-order valence-electron chi connectivity index (χ4n) is 2.99. The Morgan fingerprint density at radius 3 is 1.70 bits per heavy atom. The number of aliphatic hydroxyl groups is 1. The quantitative estimate of drug-likeness (QED) is 0.0756. The van der Waals surface area contributed by atoms with Gasteiger partial charge < -0.3 is 42.1 Å². The van der Waals surface area contributed by atoms with Crippen LogP contribution in [0.1, 0.15) is 55.4 Å². The van der Waals surface area contributed by atoms with Gasteiger partial charge in [-0.1, -0.05) is 11.8 Å². The number of nitrogens with zero attached hydrogens (tertiary/aromatic N) is 2. The van der Waals surface area contributed by atoms with Crippen LogP contribution in [0, 0.1) is 0 Å². The molecule has 234 valence electrons. The highest BCUT2D eigenvalue weighted by Gasteiger charge is 2.30. The minimum absolute atomic E-state index is 0.0891. The number of ether oxygens (including phenoxy) is 4. The average molecular weight is 633 g/mol. The Morgan fingerprint density at radius 2 is 1.25 bits per heavy atom. The molecule has 0 aliphatic carbocycles. The molecular formula is C24H46N2O11P2S. The highest BCUT2D eigenvalue weighted by molar-refractivity contribution is 7.98. The molecule has 16 heteroatoms. The highest BCUT2D eigenvalue weighted by Crippen LogP contribution is 2.51. The lowest BCUT2D eigenvalue weighted by molar-refractivity contribution is -0.00625. The first-order valence-corrected chi connectivity index (χ1v) is 17.8. The van der Waals surface area contributed by atoms with Crippen molar-refractivity contribution in [2.75, 3.05) is 45.4 Å². The molecule has 13 nitrogen and oxygen atoms in total. The van der Waals surface area contributed by atoms with Gasteiger partial charge in [-0.25, -0.2) is 0 Å². The van der Waals surface area contributed by atoms with E-state index < -0.39 is 27.9 Å². The van der Waals surface area contributed by atoms with Crippen LogP contribution in [-0.2, 0) is 36.7 Å². The van der Waals surface area contributed by atoms with Crippen molar-refractivity contribution in [3.05, 3.63) is 6.07 Å². The normalized spacial score (nSPS) is 13.6. The van der Waals surface area contributed by atoms with Crippen molar-refractivity contribution >= 4 is 27.0 Å². The molecule has 1 rings (SSSR count). The summed E-state index contributed by atoms with van der Waals surface area (Å²) in [6.07, 6.45) is -0.803. The zero-order chi connectivity index (χ0) is 30.3. The molecule has 0 fully saturated rings. The van der Waals surface area contributed by atoms with E-state index in [-0.39, 0.29) is 68.7 Å². The molecule has 0 aliphatic rings. The van der Waals surface area contributed by atoms with Crippen LogP contribution in [0.2, 0.25) is 0 Å². The number of aromatic nitrogens is 2. The van der Waals surface area contributed by atoms with Crippen LogP contribution in [0.15, 0.2) is 11.2 Å². The Bertz CT molecular complexity index is 925. The lowest BCUT2D eigenvalue weighted by atomic mass is 10.4. The second-order valence-electron chi connectivity index (χ2n) is 9.67. The van der Waals surface area contributed by atoms with Crippen molar-refractivity contribution in [1.29, 1.82) is 0 Å². The molecule has 1 aromatic rings. The molecule has 1 N–H and O–H groups in total. The van der Waals surface area contributed by atoms with Crippen LogP contribution in [0.5, 0.6) is 11.8 Å². The van der Waals surface area contributed by atoms with E-state index in [1.807, 2.05) is 0 Å². The third-order valence-corrected chi connectivity index (χ3v) is 8.63. The Labute approximate surface area is 242 Å². The lowest BCUT2D eigenvalue weighted by Gasteiger charge is -2.24. The number of hydrogen-bond donors (Lipinski definition) is 1. The molecule has 0 unspecified atom stereocenters. The van der Waals surface area contributed by atoms with Crippen molar-refractivity contribution in [2.45, 2.75) is 91.1 Å². The van der Waals surface area contributed by atoms with Crippen LogP contribution in [-0.4, -0.2) is 91.0 Å². The Hall–Kier alpha value is -0.790. The Kier molecular flexibility index (Phi) is 17.4. The zero-order valence-corrected chi connectivity index (χ0v) is 27.5. The van der Waals surface area contributed by atoms with Gasteiger partial charge in [-0.05, 0) is 61.6 Å². The van der Waals surface area contributed by atoms with Gasteiger partial charge in [0, 0.05) is 0 Å². The maximum Gasteiger partial charge on any atom is 0.356 e. The molecule has 40 heavy (non-hydrogen) atoms. The molecule has 0 amide bonds. The van der Waals surface area contributed by atoms with Crippen LogP contribution in [0.3, 0.4) is 0 Å². The molecule has 0 aliphatic heterocycles. The molecule has 1 heterocycles. The zero-order valence-electron chi connectivity index (χ0n) is 24.9. The van der Waals surface area contributed by atoms with Crippen molar-refractivity contribution in [3.8, 4) is 11.8 Å². The summed E-state index contributed by atoms with van der Waals surface area (Å²) in [4.78, 5) is 8.57. The van der Waals surface area contributed by atoms with Gasteiger partial charge >= 0.3 is 15.2 Å². The number of hydrogen-bond acceptors (Lipinski definition) is 14. The van der Waals surface area contributed by atoms with Crippen LogP contribution in [0.25, 0.3) is 0 Å². The maximum absolute atomic E-state index is 13.0. The highest BCUT2D eigenvalue weighted by atomic mass is 32.2. The van der Waals surface area contributed by atoms with Gasteiger partial charge in [0.2, 0.25) is 11.8 Å². The van der Waals surface area contributed by atoms with Gasteiger partial charge in [0.1, 0.15) is 32.0 Å². The summed E-state index contributed by atoms with van der Waals surface area (Å²) in [5.41, 5.74) is 0. The first kappa shape index (κ1) is 37.2. The summed E-state index contributed by atoms with van der Waals surface area (Å²) in [6, 6.07) is 1.48. The van der Waals surface area contributed by atoms with E-state index in [1.165, 1.54) is 17.8 Å². The van der Waals surface area contributed by atoms with E-state index in [4.69, 9.17) is 37.0 Å².